The van der Waals surface area contributed by atoms with E-state index < -0.39 is 0 Å². The molecule has 0 spiro atoms. The van der Waals surface area contributed by atoms with Crippen LogP contribution in [0.2, 0.25) is 0 Å². The van der Waals surface area contributed by atoms with Crippen molar-refractivity contribution >= 4 is 5.82 Å². The number of aromatic nitrogens is 2. The zero-order chi connectivity index (χ0) is 12.3. The van der Waals surface area contributed by atoms with Gasteiger partial charge >= 0.3 is 0 Å². The van der Waals surface area contributed by atoms with E-state index in [-0.39, 0.29) is 0 Å². The van der Waals surface area contributed by atoms with Crippen molar-refractivity contribution in [1.82, 2.24) is 14.9 Å². The van der Waals surface area contributed by atoms with Crippen LogP contribution in [0.25, 0.3) is 0 Å². The lowest BCUT2D eigenvalue weighted by molar-refractivity contribution is 0.293. The Morgan fingerprint density at radius 1 is 1.47 bits per heavy atom. The fourth-order valence-electron chi connectivity index (χ4n) is 2.29. The van der Waals surface area contributed by atoms with Gasteiger partial charge in [0.05, 0.1) is 18.1 Å². The second-order valence-corrected chi connectivity index (χ2v) is 5.07. The van der Waals surface area contributed by atoms with E-state index in [1.165, 1.54) is 19.5 Å². The second-order valence-electron chi connectivity index (χ2n) is 5.07. The molecule has 1 aromatic heterocycles. The summed E-state index contributed by atoms with van der Waals surface area (Å²) in [4.78, 5) is 11.0. The quantitative estimate of drug-likeness (QED) is 0.607. The lowest BCUT2D eigenvalue weighted by Gasteiger charge is -2.17. The molecule has 1 unspecified atom stereocenters. The van der Waals surface area contributed by atoms with Crippen LogP contribution in [0.4, 0.5) is 5.82 Å². The van der Waals surface area contributed by atoms with Crippen molar-refractivity contribution in [1.29, 1.82) is 0 Å². The first-order valence-corrected chi connectivity index (χ1v) is 6.19. The van der Waals surface area contributed by atoms with E-state index in [0.29, 0.717) is 5.82 Å². The summed E-state index contributed by atoms with van der Waals surface area (Å²) in [5, 5.41) is 0. The average molecular weight is 235 g/mol. The summed E-state index contributed by atoms with van der Waals surface area (Å²) in [5.74, 6) is 7.46. The third-order valence-electron chi connectivity index (χ3n) is 3.49. The molecular weight excluding hydrogens is 214 g/mol. The molecule has 1 aliphatic heterocycles. The van der Waals surface area contributed by atoms with E-state index >= 15 is 0 Å². The maximum absolute atomic E-state index is 5.25. The fraction of sp³-hybridized carbons (Fsp3) is 0.667. The van der Waals surface area contributed by atoms with E-state index in [9.17, 15) is 0 Å². The van der Waals surface area contributed by atoms with Gasteiger partial charge in [-0.25, -0.2) is 10.8 Å². The van der Waals surface area contributed by atoms with Crippen molar-refractivity contribution < 1.29 is 0 Å². The van der Waals surface area contributed by atoms with Gasteiger partial charge in [0, 0.05) is 13.1 Å². The van der Waals surface area contributed by atoms with Crippen LogP contribution in [0.5, 0.6) is 0 Å². The number of hydrogen-bond donors (Lipinski definition) is 2. The highest BCUT2D eigenvalue weighted by Crippen LogP contribution is 2.24. The molecule has 1 atom stereocenters. The largest absolute Gasteiger partial charge is 0.307 e. The first kappa shape index (κ1) is 12.3. The Bertz CT molecular complexity index is 348. The minimum Gasteiger partial charge on any atom is -0.307 e. The molecule has 5 heteroatoms. The third kappa shape index (κ3) is 3.14. The van der Waals surface area contributed by atoms with Crippen molar-refractivity contribution in [3.63, 3.8) is 0 Å². The molecule has 1 aromatic rings. The summed E-state index contributed by atoms with van der Waals surface area (Å²) in [5.41, 5.74) is 3.49. The Hall–Kier alpha value is -1.20. The van der Waals surface area contributed by atoms with Gasteiger partial charge in [0.2, 0.25) is 0 Å². The Kier molecular flexibility index (Phi) is 3.91. The standard InChI is InChI=1S/C12H21N5/c1-9(2)10-3-4-17(7-10)8-11-5-15-12(16-13)6-14-11/h5-6,9-10H,3-4,7-8,13H2,1-2H3,(H,15,16). The van der Waals surface area contributed by atoms with Crippen molar-refractivity contribution in [2.45, 2.75) is 26.8 Å². The molecule has 94 valence electrons. The van der Waals surface area contributed by atoms with Gasteiger partial charge < -0.3 is 5.43 Å². The minimum atomic E-state index is 0.607. The molecule has 5 nitrogen and oxygen atoms in total. The Balaban J connectivity index is 1.89. The van der Waals surface area contributed by atoms with Crippen LogP contribution >= 0.6 is 0 Å². The second kappa shape index (κ2) is 5.42. The van der Waals surface area contributed by atoms with Gasteiger partial charge in [-0.3, -0.25) is 9.88 Å². The highest BCUT2D eigenvalue weighted by molar-refractivity contribution is 5.28. The SMILES string of the molecule is CC(C)C1CCN(Cc2cnc(NN)cn2)C1. The third-order valence-corrected chi connectivity index (χ3v) is 3.49. The number of likely N-dealkylation sites (tertiary alicyclic amines) is 1. The number of hydrazine groups is 1. The zero-order valence-electron chi connectivity index (χ0n) is 10.6. The van der Waals surface area contributed by atoms with Gasteiger partial charge in [0.1, 0.15) is 0 Å². The first-order valence-electron chi connectivity index (χ1n) is 6.19. The van der Waals surface area contributed by atoms with Crippen LogP contribution < -0.4 is 11.3 Å². The van der Waals surface area contributed by atoms with Crippen LogP contribution in [0, 0.1) is 11.8 Å². The molecule has 0 radical (unpaired) electrons. The van der Waals surface area contributed by atoms with Crippen LogP contribution in [-0.2, 0) is 6.54 Å². The van der Waals surface area contributed by atoms with Crippen LogP contribution in [0.15, 0.2) is 12.4 Å². The van der Waals surface area contributed by atoms with Crippen molar-refractivity contribution in [2.24, 2.45) is 17.7 Å². The molecule has 0 bridgehead atoms. The summed E-state index contributed by atoms with van der Waals surface area (Å²) in [6, 6.07) is 0. The molecule has 3 N–H and O–H groups in total. The van der Waals surface area contributed by atoms with Crippen LogP contribution in [0.1, 0.15) is 26.0 Å². The zero-order valence-corrected chi connectivity index (χ0v) is 10.6. The summed E-state index contributed by atoms with van der Waals surface area (Å²) >= 11 is 0. The average Bonchev–Trinajstić information content (AvgIpc) is 2.79. The maximum atomic E-state index is 5.25. The number of nitrogens with two attached hydrogens (primary N) is 1. The maximum Gasteiger partial charge on any atom is 0.158 e. The molecule has 1 aliphatic rings. The summed E-state index contributed by atoms with van der Waals surface area (Å²) in [6.45, 7) is 7.84. The van der Waals surface area contributed by atoms with E-state index in [1.807, 2.05) is 0 Å². The van der Waals surface area contributed by atoms with Gasteiger partial charge in [-0.1, -0.05) is 13.8 Å². The van der Waals surface area contributed by atoms with Gasteiger partial charge in [-0.05, 0) is 24.8 Å². The Morgan fingerprint density at radius 3 is 2.82 bits per heavy atom. The molecule has 2 heterocycles. The highest BCUT2D eigenvalue weighted by atomic mass is 15.3. The Labute approximate surface area is 102 Å². The number of anilines is 1. The molecular formula is C12H21N5. The van der Waals surface area contributed by atoms with Gasteiger partial charge in [-0.2, -0.15) is 0 Å². The van der Waals surface area contributed by atoms with Gasteiger partial charge in [0.25, 0.3) is 0 Å². The van der Waals surface area contributed by atoms with Crippen LogP contribution in [0.3, 0.4) is 0 Å². The normalized spacial score (nSPS) is 21.1. The van der Waals surface area contributed by atoms with Gasteiger partial charge in [-0.15, -0.1) is 0 Å². The lowest BCUT2D eigenvalue weighted by Crippen LogP contribution is -2.22. The van der Waals surface area contributed by atoms with Crippen LogP contribution in [-0.4, -0.2) is 28.0 Å². The highest BCUT2D eigenvalue weighted by Gasteiger charge is 2.24. The molecule has 0 aliphatic carbocycles. The number of rotatable bonds is 4. The monoisotopic (exact) mass is 235 g/mol. The molecule has 1 saturated heterocycles. The Morgan fingerprint density at radius 2 is 2.29 bits per heavy atom. The lowest BCUT2D eigenvalue weighted by atomic mass is 9.95. The van der Waals surface area contributed by atoms with E-state index in [0.717, 1.165) is 24.1 Å². The number of nitrogens with zero attached hydrogens (tertiary/aromatic N) is 3. The predicted molar refractivity (Wildman–Crippen MR) is 68.1 cm³/mol. The molecule has 2 rings (SSSR count). The predicted octanol–water partition coefficient (Wildman–Crippen LogP) is 1.24. The smallest absolute Gasteiger partial charge is 0.158 e. The molecule has 0 saturated carbocycles. The molecule has 1 fully saturated rings. The number of nitrogen functional groups attached to an aromatic ring is 1. The number of hydrogen-bond acceptors (Lipinski definition) is 5. The summed E-state index contributed by atoms with van der Waals surface area (Å²) in [6.07, 6.45) is 4.76. The summed E-state index contributed by atoms with van der Waals surface area (Å²) < 4.78 is 0. The van der Waals surface area contributed by atoms with E-state index in [4.69, 9.17) is 5.84 Å². The summed E-state index contributed by atoms with van der Waals surface area (Å²) in [7, 11) is 0. The number of nitrogens with one attached hydrogen (secondary N) is 1. The van der Waals surface area contributed by atoms with E-state index in [2.05, 4.69) is 34.1 Å². The van der Waals surface area contributed by atoms with Gasteiger partial charge in [0.15, 0.2) is 5.82 Å². The topological polar surface area (TPSA) is 67.1 Å². The molecule has 0 amide bonds. The first-order chi connectivity index (χ1) is 8.19. The minimum absolute atomic E-state index is 0.607. The fourth-order valence-corrected chi connectivity index (χ4v) is 2.29. The molecule has 17 heavy (non-hydrogen) atoms. The van der Waals surface area contributed by atoms with Crippen molar-refractivity contribution in [3.05, 3.63) is 18.1 Å². The van der Waals surface area contributed by atoms with E-state index in [1.54, 1.807) is 12.4 Å². The van der Waals surface area contributed by atoms with Crippen molar-refractivity contribution in [3.8, 4) is 0 Å². The van der Waals surface area contributed by atoms with Crippen molar-refractivity contribution in [2.75, 3.05) is 18.5 Å². The molecule has 0 aromatic carbocycles.